The third-order valence-corrected chi connectivity index (χ3v) is 3.97. The van der Waals surface area contributed by atoms with E-state index < -0.39 is 18.0 Å². The number of amides is 1. The summed E-state index contributed by atoms with van der Waals surface area (Å²) in [5.74, 6) is -0.344. The fraction of sp³-hybridized carbons (Fsp3) is 0.0476. The van der Waals surface area contributed by atoms with Gasteiger partial charge in [-0.15, -0.1) is 18.3 Å². The predicted molar refractivity (Wildman–Crippen MR) is 105 cm³/mol. The first-order valence-corrected chi connectivity index (χ1v) is 9.05. The van der Waals surface area contributed by atoms with Gasteiger partial charge in [0.2, 0.25) is 5.89 Å². The zero-order valence-corrected chi connectivity index (χ0v) is 16.0. The molecule has 1 amide bonds. The zero-order chi connectivity index (χ0) is 22.6. The number of para-hydroxylation sites is 1. The number of alkyl halides is 3. The van der Waals surface area contributed by atoms with Crippen molar-refractivity contribution in [1.82, 2.24) is 15.2 Å². The van der Waals surface area contributed by atoms with Gasteiger partial charge in [-0.1, -0.05) is 17.2 Å². The molecule has 32 heavy (non-hydrogen) atoms. The second-order valence-corrected chi connectivity index (χ2v) is 6.23. The number of carbonyl (C=O) groups is 1. The summed E-state index contributed by atoms with van der Waals surface area (Å²) in [6.45, 7) is 0. The molecule has 0 spiro atoms. The van der Waals surface area contributed by atoms with Crippen LogP contribution in [-0.2, 0) is 0 Å². The van der Waals surface area contributed by atoms with Crippen molar-refractivity contribution in [2.75, 3.05) is 5.32 Å². The average molecular weight is 442 g/mol. The summed E-state index contributed by atoms with van der Waals surface area (Å²) in [4.78, 5) is 16.3. The first-order chi connectivity index (χ1) is 15.4. The Morgan fingerprint density at radius 3 is 2.44 bits per heavy atom. The first-order valence-electron chi connectivity index (χ1n) is 9.05. The van der Waals surface area contributed by atoms with E-state index in [-0.39, 0.29) is 17.5 Å². The van der Waals surface area contributed by atoms with E-state index in [1.807, 2.05) is 0 Å². The molecule has 0 fully saturated rings. The highest BCUT2D eigenvalue weighted by Gasteiger charge is 2.33. The summed E-state index contributed by atoms with van der Waals surface area (Å²) < 4.78 is 52.6. The number of rotatable bonds is 6. The summed E-state index contributed by atoms with van der Waals surface area (Å²) in [5.41, 5.74) is 0.193. The van der Waals surface area contributed by atoms with E-state index in [2.05, 4.69) is 25.2 Å². The van der Waals surface area contributed by atoms with Gasteiger partial charge in [-0.25, -0.2) is 0 Å². The number of hydrogen-bond donors (Lipinski definition) is 1. The minimum absolute atomic E-state index is 0.0908. The fourth-order valence-corrected chi connectivity index (χ4v) is 2.63. The van der Waals surface area contributed by atoms with Gasteiger partial charge in [0.25, 0.3) is 5.91 Å². The van der Waals surface area contributed by atoms with Crippen LogP contribution < -0.4 is 14.8 Å². The molecule has 0 atom stereocenters. The molecule has 2 aromatic heterocycles. The quantitative estimate of drug-likeness (QED) is 0.445. The minimum Gasteiger partial charge on any atom is -0.456 e. The highest BCUT2D eigenvalue weighted by molar-refractivity contribution is 6.05. The van der Waals surface area contributed by atoms with Crippen LogP contribution in [0.1, 0.15) is 10.4 Å². The smallest absolute Gasteiger partial charge is 0.456 e. The molecular formula is C21H13F3N4O4. The van der Waals surface area contributed by atoms with Crippen molar-refractivity contribution in [1.29, 1.82) is 0 Å². The average Bonchev–Trinajstić information content (AvgIpc) is 3.22. The van der Waals surface area contributed by atoms with Crippen LogP contribution >= 0.6 is 0 Å². The molecule has 1 N–H and O–H groups in total. The van der Waals surface area contributed by atoms with Crippen LogP contribution in [0.15, 0.2) is 77.5 Å². The molecule has 162 valence electrons. The molecule has 0 saturated heterocycles. The number of anilines is 1. The van der Waals surface area contributed by atoms with Gasteiger partial charge in [-0.3, -0.25) is 15.1 Å². The van der Waals surface area contributed by atoms with Gasteiger partial charge < -0.3 is 13.9 Å². The molecule has 11 heteroatoms. The third-order valence-electron chi connectivity index (χ3n) is 3.97. The maximum atomic E-state index is 12.5. The lowest BCUT2D eigenvalue weighted by Crippen LogP contribution is -2.20. The molecule has 0 aliphatic rings. The van der Waals surface area contributed by atoms with E-state index in [1.54, 1.807) is 48.8 Å². The van der Waals surface area contributed by atoms with E-state index in [9.17, 15) is 18.0 Å². The van der Waals surface area contributed by atoms with Crippen molar-refractivity contribution in [2.45, 2.75) is 6.36 Å². The maximum absolute atomic E-state index is 12.5. The van der Waals surface area contributed by atoms with Crippen LogP contribution in [0.25, 0.3) is 11.5 Å². The largest absolute Gasteiger partial charge is 0.573 e. The summed E-state index contributed by atoms with van der Waals surface area (Å²) in [7, 11) is 0. The molecule has 0 saturated carbocycles. The fourth-order valence-electron chi connectivity index (χ4n) is 2.63. The first kappa shape index (κ1) is 20.8. The second kappa shape index (κ2) is 8.76. The molecule has 0 radical (unpaired) electrons. The van der Waals surface area contributed by atoms with E-state index >= 15 is 0 Å². The Morgan fingerprint density at radius 1 is 0.938 bits per heavy atom. The van der Waals surface area contributed by atoms with E-state index in [1.165, 1.54) is 18.2 Å². The molecule has 2 heterocycles. The molecule has 4 aromatic rings. The summed E-state index contributed by atoms with van der Waals surface area (Å²) in [5, 5.41) is 9.80. The normalized spacial score (nSPS) is 11.1. The topological polar surface area (TPSA) is 99.4 Å². The lowest BCUT2D eigenvalue weighted by atomic mass is 10.2. The molecule has 2 aromatic carbocycles. The van der Waals surface area contributed by atoms with Crippen LogP contribution in [0.4, 0.5) is 19.2 Å². The Balaban J connectivity index is 1.45. The van der Waals surface area contributed by atoms with E-state index in [0.29, 0.717) is 17.1 Å². The standard InChI is InChI=1S/C21H13F3N4O4/c22-21(23,24)32-17-6-2-1-5-16(17)18(29)26-20-28-27-19(31-20)13-7-9-14(10-8-13)30-15-4-3-11-25-12-15/h1-12H,(H,26,28,29). The second-order valence-electron chi connectivity index (χ2n) is 6.23. The molecule has 0 bridgehead atoms. The SMILES string of the molecule is O=C(Nc1nnc(-c2ccc(Oc3cccnc3)cc2)o1)c1ccccc1OC(F)(F)F. The number of ether oxygens (including phenoxy) is 2. The van der Waals surface area contributed by atoms with Crippen LogP contribution in [-0.4, -0.2) is 27.5 Å². The van der Waals surface area contributed by atoms with E-state index in [4.69, 9.17) is 9.15 Å². The van der Waals surface area contributed by atoms with Crippen LogP contribution in [0.5, 0.6) is 17.2 Å². The lowest BCUT2D eigenvalue weighted by molar-refractivity contribution is -0.274. The van der Waals surface area contributed by atoms with Gasteiger partial charge in [0, 0.05) is 11.8 Å². The Morgan fingerprint density at radius 2 is 1.72 bits per heavy atom. The Hall–Kier alpha value is -4.41. The number of benzene rings is 2. The number of nitrogens with one attached hydrogen (secondary N) is 1. The Bertz CT molecular complexity index is 1210. The van der Waals surface area contributed by atoms with Gasteiger partial charge in [-0.05, 0) is 48.5 Å². The summed E-state index contributed by atoms with van der Waals surface area (Å²) in [6, 6.07) is 14.8. The highest BCUT2D eigenvalue weighted by Crippen LogP contribution is 2.28. The van der Waals surface area contributed by atoms with Gasteiger partial charge >= 0.3 is 12.4 Å². The van der Waals surface area contributed by atoms with Gasteiger partial charge in [0.15, 0.2) is 0 Å². The van der Waals surface area contributed by atoms with Crippen molar-refractivity contribution in [2.24, 2.45) is 0 Å². The number of nitrogens with zero attached hydrogens (tertiary/aromatic N) is 3. The number of aromatic nitrogens is 3. The van der Waals surface area contributed by atoms with Crippen molar-refractivity contribution in [3.05, 3.63) is 78.6 Å². The summed E-state index contributed by atoms with van der Waals surface area (Å²) >= 11 is 0. The predicted octanol–water partition coefficient (Wildman–Crippen LogP) is 5.07. The van der Waals surface area contributed by atoms with E-state index in [0.717, 1.165) is 6.07 Å². The number of carbonyl (C=O) groups excluding carboxylic acids is 1. The number of halogens is 3. The number of pyridine rings is 1. The van der Waals surface area contributed by atoms with Crippen molar-refractivity contribution < 1.29 is 31.9 Å². The molecule has 4 rings (SSSR count). The van der Waals surface area contributed by atoms with Crippen molar-refractivity contribution in [3.63, 3.8) is 0 Å². The summed E-state index contributed by atoms with van der Waals surface area (Å²) in [6.07, 6.45) is -1.75. The monoisotopic (exact) mass is 442 g/mol. The zero-order valence-electron chi connectivity index (χ0n) is 16.0. The van der Waals surface area contributed by atoms with Crippen LogP contribution in [0.2, 0.25) is 0 Å². The molecule has 8 nitrogen and oxygen atoms in total. The molecule has 0 unspecified atom stereocenters. The van der Waals surface area contributed by atoms with Gasteiger partial charge in [0.1, 0.15) is 17.2 Å². The minimum atomic E-state index is -4.94. The molecular weight excluding hydrogens is 429 g/mol. The number of hydrogen-bond acceptors (Lipinski definition) is 7. The Kier molecular flexibility index (Phi) is 5.71. The van der Waals surface area contributed by atoms with Crippen molar-refractivity contribution in [3.8, 4) is 28.7 Å². The van der Waals surface area contributed by atoms with Crippen LogP contribution in [0, 0.1) is 0 Å². The van der Waals surface area contributed by atoms with Gasteiger partial charge in [-0.2, -0.15) is 0 Å². The molecule has 0 aliphatic heterocycles. The lowest BCUT2D eigenvalue weighted by Gasteiger charge is -2.12. The van der Waals surface area contributed by atoms with Crippen molar-refractivity contribution >= 4 is 11.9 Å². The van der Waals surface area contributed by atoms with Crippen LogP contribution in [0.3, 0.4) is 0 Å². The Labute approximate surface area is 178 Å². The third kappa shape index (κ3) is 5.19. The highest BCUT2D eigenvalue weighted by atomic mass is 19.4. The molecule has 0 aliphatic carbocycles. The van der Waals surface area contributed by atoms with Gasteiger partial charge in [0.05, 0.1) is 11.8 Å². The maximum Gasteiger partial charge on any atom is 0.573 e.